The zero-order valence-corrected chi connectivity index (χ0v) is 20.9. The van der Waals surface area contributed by atoms with Gasteiger partial charge in [0.25, 0.3) is 11.8 Å². The molecule has 3 aromatic rings. The Kier molecular flexibility index (Phi) is 7.19. The number of methoxy groups -OCH3 is 2. The molecular formula is C26H20Cl2N2O6. The molecule has 8 nitrogen and oxygen atoms in total. The number of hydrogen-bond donors (Lipinski definition) is 1. The van der Waals surface area contributed by atoms with Gasteiger partial charge in [0.05, 0.1) is 25.5 Å². The molecule has 1 heterocycles. The van der Waals surface area contributed by atoms with Gasteiger partial charge in [-0.3, -0.25) is 9.59 Å². The third-order valence-electron chi connectivity index (χ3n) is 5.38. The topological polar surface area (TPSA) is 94.2 Å². The van der Waals surface area contributed by atoms with E-state index in [0.29, 0.717) is 28.0 Å². The Bertz CT molecular complexity index is 1400. The van der Waals surface area contributed by atoms with Gasteiger partial charge in [-0.1, -0.05) is 23.2 Å². The summed E-state index contributed by atoms with van der Waals surface area (Å²) in [6, 6.07) is 15.8. The van der Waals surface area contributed by atoms with Crippen molar-refractivity contribution in [2.45, 2.75) is 6.92 Å². The molecule has 1 aliphatic rings. The first kappa shape index (κ1) is 25.1. The molecule has 4 rings (SSSR count). The Labute approximate surface area is 217 Å². The van der Waals surface area contributed by atoms with Crippen molar-refractivity contribution < 1.29 is 28.6 Å². The number of ether oxygens (including phenoxy) is 3. The first-order chi connectivity index (χ1) is 17.2. The van der Waals surface area contributed by atoms with Gasteiger partial charge in [-0.15, -0.1) is 0 Å². The third kappa shape index (κ3) is 4.86. The number of hydrogen-bond acceptors (Lipinski definition) is 7. The molecule has 1 N–H and O–H groups in total. The molecule has 2 amide bonds. The first-order valence-corrected chi connectivity index (χ1v) is 11.3. The van der Waals surface area contributed by atoms with Crippen molar-refractivity contribution in [1.29, 1.82) is 0 Å². The Hall–Kier alpha value is -4.01. The number of nitrogens with one attached hydrogen (secondary N) is 1. The molecule has 3 aromatic carbocycles. The van der Waals surface area contributed by atoms with Gasteiger partial charge < -0.3 is 19.5 Å². The second kappa shape index (κ2) is 10.3. The maximum atomic E-state index is 13.1. The highest BCUT2D eigenvalue weighted by molar-refractivity contribution is 6.53. The minimum atomic E-state index is -0.714. The molecule has 184 valence electrons. The molecule has 0 aromatic heterocycles. The predicted octanol–water partition coefficient (Wildman–Crippen LogP) is 5.32. The fraction of sp³-hybridized carbons (Fsp3) is 0.115. The van der Waals surface area contributed by atoms with Gasteiger partial charge in [0.15, 0.2) is 0 Å². The summed E-state index contributed by atoms with van der Waals surface area (Å²) in [6.45, 7) is 1.81. The van der Waals surface area contributed by atoms with Crippen LogP contribution in [-0.2, 0) is 9.59 Å². The maximum absolute atomic E-state index is 13.1. The zero-order valence-electron chi connectivity index (χ0n) is 19.4. The Morgan fingerprint density at radius 1 is 0.861 bits per heavy atom. The minimum Gasteiger partial charge on any atom is -0.497 e. The van der Waals surface area contributed by atoms with E-state index >= 15 is 0 Å². The van der Waals surface area contributed by atoms with Gasteiger partial charge in [0, 0.05) is 16.8 Å². The molecule has 10 heteroatoms. The lowest BCUT2D eigenvalue weighted by Crippen LogP contribution is -2.32. The van der Waals surface area contributed by atoms with Crippen molar-refractivity contribution in [2.75, 3.05) is 24.4 Å². The number of carbonyl (C=O) groups excluding carboxylic acids is 3. The Morgan fingerprint density at radius 3 is 2.19 bits per heavy atom. The number of amides is 2. The molecule has 0 aliphatic carbocycles. The van der Waals surface area contributed by atoms with Crippen LogP contribution in [0, 0.1) is 6.92 Å². The Morgan fingerprint density at radius 2 is 1.56 bits per heavy atom. The molecule has 0 unspecified atom stereocenters. The van der Waals surface area contributed by atoms with Crippen molar-refractivity contribution in [1.82, 2.24) is 0 Å². The lowest BCUT2D eigenvalue weighted by Gasteiger charge is -2.19. The molecule has 0 radical (unpaired) electrons. The molecule has 0 saturated heterocycles. The largest absolute Gasteiger partial charge is 0.497 e. The van der Waals surface area contributed by atoms with E-state index in [1.807, 2.05) is 0 Å². The number of rotatable bonds is 7. The smallest absolute Gasteiger partial charge is 0.343 e. The summed E-state index contributed by atoms with van der Waals surface area (Å²) in [5.74, 6) is -0.859. The average molecular weight is 527 g/mol. The summed E-state index contributed by atoms with van der Waals surface area (Å²) < 4.78 is 15.9. The van der Waals surface area contributed by atoms with E-state index in [1.165, 1.54) is 32.4 Å². The van der Waals surface area contributed by atoms with Crippen LogP contribution in [0.5, 0.6) is 17.2 Å². The van der Waals surface area contributed by atoms with Crippen LogP contribution < -0.4 is 24.4 Å². The molecule has 1 aliphatic heterocycles. The van der Waals surface area contributed by atoms with Crippen LogP contribution in [0.25, 0.3) is 0 Å². The van der Waals surface area contributed by atoms with E-state index in [9.17, 15) is 14.4 Å². The lowest BCUT2D eigenvalue weighted by molar-refractivity contribution is -0.120. The molecule has 0 bridgehead atoms. The molecule has 0 saturated carbocycles. The summed E-state index contributed by atoms with van der Waals surface area (Å²) in [6.07, 6.45) is 0. The van der Waals surface area contributed by atoms with Crippen molar-refractivity contribution >= 4 is 52.4 Å². The van der Waals surface area contributed by atoms with Crippen LogP contribution in [0.15, 0.2) is 71.4 Å². The van der Waals surface area contributed by atoms with E-state index < -0.39 is 17.8 Å². The van der Waals surface area contributed by atoms with Crippen LogP contribution >= 0.6 is 23.2 Å². The maximum Gasteiger partial charge on any atom is 0.343 e. The fourth-order valence-corrected chi connectivity index (χ4v) is 3.81. The minimum absolute atomic E-state index is 0.112. The summed E-state index contributed by atoms with van der Waals surface area (Å²) in [5, 5.41) is 3.15. The normalized spacial score (nSPS) is 13.2. The SMILES string of the molecule is COc1ccc(OC)c(N2C(=O)C(Cl)=C(Nc3ccc(C(=O)Oc4ccc(Cl)c(C)c4)cc3)C2=O)c1. The summed E-state index contributed by atoms with van der Waals surface area (Å²) in [4.78, 5) is 39.4. The standard InChI is InChI=1S/C26H20Cl2N2O6/c1-14-12-18(8-10-19(14)27)36-26(33)15-4-6-16(7-5-15)29-23-22(28)24(31)30(25(23)32)20-13-17(34-2)9-11-21(20)35-3/h4-13,29H,1-3H3. The first-order valence-electron chi connectivity index (χ1n) is 10.6. The summed E-state index contributed by atoms with van der Waals surface area (Å²) in [5.41, 5.74) is 1.58. The van der Waals surface area contributed by atoms with Crippen molar-refractivity contribution in [3.05, 3.63) is 87.5 Å². The number of esters is 1. The van der Waals surface area contributed by atoms with Crippen molar-refractivity contribution in [3.8, 4) is 17.2 Å². The number of aryl methyl sites for hydroxylation is 1. The highest BCUT2D eigenvalue weighted by Gasteiger charge is 2.40. The molecule has 0 spiro atoms. The predicted molar refractivity (Wildman–Crippen MR) is 136 cm³/mol. The monoisotopic (exact) mass is 526 g/mol. The van der Waals surface area contributed by atoms with Gasteiger partial charge in [0.2, 0.25) is 0 Å². The van der Waals surface area contributed by atoms with Crippen molar-refractivity contribution in [3.63, 3.8) is 0 Å². The van der Waals surface area contributed by atoms with Crippen LogP contribution in [0.3, 0.4) is 0 Å². The lowest BCUT2D eigenvalue weighted by atomic mass is 10.2. The van der Waals surface area contributed by atoms with E-state index in [0.717, 1.165) is 10.5 Å². The van der Waals surface area contributed by atoms with Gasteiger partial charge >= 0.3 is 5.97 Å². The van der Waals surface area contributed by atoms with E-state index in [-0.39, 0.29) is 22.0 Å². The van der Waals surface area contributed by atoms with Gasteiger partial charge in [-0.25, -0.2) is 9.69 Å². The Balaban J connectivity index is 1.51. The van der Waals surface area contributed by atoms with Gasteiger partial charge in [-0.2, -0.15) is 0 Å². The third-order valence-corrected chi connectivity index (χ3v) is 6.16. The van der Waals surface area contributed by atoms with Crippen LogP contribution in [0.4, 0.5) is 11.4 Å². The molecular weight excluding hydrogens is 507 g/mol. The fourth-order valence-electron chi connectivity index (χ4n) is 3.48. The highest BCUT2D eigenvalue weighted by Crippen LogP contribution is 2.38. The number of imide groups is 1. The van der Waals surface area contributed by atoms with E-state index in [4.69, 9.17) is 37.4 Å². The number of nitrogens with zero attached hydrogens (tertiary/aromatic N) is 1. The average Bonchev–Trinajstić information content (AvgIpc) is 3.09. The quantitative estimate of drug-likeness (QED) is 0.253. The number of anilines is 2. The second-order valence-electron chi connectivity index (χ2n) is 7.68. The van der Waals surface area contributed by atoms with Crippen LogP contribution in [-0.4, -0.2) is 32.0 Å². The number of benzene rings is 3. The summed E-state index contributed by atoms with van der Waals surface area (Å²) in [7, 11) is 2.89. The van der Waals surface area contributed by atoms with Crippen LogP contribution in [0.2, 0.25) is 5.02 Å². The molecule has 0 atom stereocenters. The van der Waals surface area contributed by atoms with Crippen molar-refractivity contribution in [2.24, 2.45) is 0 Å². The summed E-state index contributed by atoms with van der Waals surface area (Å²) >= 11 is 12.2. The van der Waals surface area contributed by atoms with E-state index in [2.05, 4.69) is 5.32 Å². The number of halogens is 2. The number of carbonyl (C=O) groups is 3. The zero-order chi connectivity index (χ0) is 26.0. The highest BCUT2D eigenvalue weighted by atomic mass is 35.5. The van der Waals surface area contributed by atoms with E-state index in [1.54, 1.807) is 49.4 Å². The second-order valence-corrected chi connectivity index (χ2v) is 8.46. The van der Waals surface area contributed by atoms with Crippen LogP contribution in [0.1, 0.15) is 15.9 Å². The van der Waals surface area contributed by atoms with Gasteiger partial charge in [0.1, 0.15) is 28.0 Å². The van der Waals surface area contributed by atoms with Gasteiger partial charge in [-0.05, 0) is 67.1 Å². The molecule has 36 heavy (non-hydrogen) atoms. The molecule has 0 fully saturated rings.